The maximum atomic E-state index is 12.3. The first-order valence-electron chi connectivity index (χ1n) is 5.72. The molecule has 19 heavy (non-hydrogen) atoms. The van der Waals surface area contributed by atoms with Crippen LogP contribution in [0.2, 0.25) is 5.02 Å². The largest absolute Gasteiger partial charge is 0.399 e. The van der Waals surface area contributed by atoms with Gasteiger partial charge >= 0.3 is 0 Å². The quantitative estimate of drug-likeness (QED) is 0.885. The third kappa shape index (κ3) is 3.28. The van der Waals surface area contributed by atoms with Crippen LogP contribution in [0.3, 0.4) is 0 Å². The van der Waals surface area contributed by atoms with Crippen LogP contribution in [0.1, 0.15) is 11.1 Å². The summed E-state index contributed by atoms with van der Waals surface area (Å²) in [6.07, 6.45) is 0. The molecule has 0 atom stereocenters. The Morgan fingerprint density at radius 1 is 1.11 bits per heavy atom. The van der Waals surface area contributed by atoms with Crippen LogP contribution in [0.5, 0.6) is 0 Å². The van der Waals surface area contributed by atoms with E-state index in [0.29, 0.717) is 26.7 Å². The maximum absolute atomic E-state index is 12.3. The van der Waals surface area contributed by atoms with E-state index in [9.17, 15) is 8.42 Å². The van der Waals surface area contributed by atoms with Gasteiger partial charge in [-0.3, -0.25) is 0 Å². The Bertz CT molecular complexity index is 694. The normalized spacial score (nSPS) is 11.5. The fourth-order valence-electron chi connectivity index (χ4n) is 1.90. The smallest absolute Gasteiger partial charge is 0.182 e. The first-order chi connectivity index (χ1) is 8.88. The molecule has 0 aliphatic heterocycles. The van der Waals surface area contributed by atoms with Crippen LogP contribution in [-0.2, 0) is 15.6 Å². The Morgan fingerprint density at radius 2 is 1.74 bits per heavy atom. The van der Waals surface area contributed by atoms with Crippen molar-refractivity contribution in [1.29, 1.82) is 0 Å². The van der Waals surface area contributed by atoms with Gasteiger partial charge in [0, 0.05) is 10.7 Å². The predicted molar refractivity (Wildman–Crippen MR) is 77.9 cm³/mol. The lowest BCUT2D eigenvalue weighted by molar-refractivity contribution is 0.594. The number of benzene rings is 2. The minimum Gasteiger partial charge on any atom is -0.399 e. The number of anilines is 1. The van der Waals surface area contributed by atoms with Crippen LogP contribution in [-0.4, -0.2) is 8.42 Å². The number of sulfone groups is 1. The second-order valence-corrected chi connectivity index (χ2v) is 6.80. The van der Waals surface area contributed by atoms with Crippen molar-refractivity contribution in [3.63, 3.8) is 0 Å². The fourth-order valence-corrected chi connectivity index (χ4v) is 3.64. The lowest BCUT2D eigenvalue weighted by atomic mass is 10.2. The van der Waals surface area contributed by atoms with Gasteiger partial charge in [0.15, 0.2) is 9.84 Å². The monoisotopic (exact) mass is 295 g/mol. The highest BCUT2D eigenvalue weighted by Crippen LogP contribution is 2.22. The average Bonchev–Trinajstić information content (AvgIpc) is 2.31. The van der Waals surface area contributed by atoms with E-state index in [1.54, 1.807) is 49.4 Å². The molecule has 2 aromatic carbocycles. The van der Waals surface area contributed by atoms with E-state index in [-0.39, 0.29) is 5.75 Å². The topological polar surface area (TPSA) is 60.2 Å². The molecule has 0 aliphatic carbocycles. The molecule has 0 fully saturated rings. The van der Waals surface area contributed by atoms with Crippen LogP contribution in [0.25, 0.3) is 0 Å². The minimum atomic E-state index is -3.37. The number of hydrogen-bond donors (Lipinski definition) is 1. The zero-order valence-corrected chi connectivity index (χ0v) is 12.0. The summed E-state index contributed by atoms with van der Waals surface area (Å²) in [7, 11) is -3.37. The van der Waals surface area contributed by atoms with Crippen LogP contribution in [0, 0.1) is 6.92 Å². The molecule has 0 amide bonds. The molecule has 0 spiro atoms. The van der Waals surface area contributed by atoms with E-state index >= 15 is 0 Å². The molecule has 0 unspecified atom stereocenters. The highest BCUT2D eigenvalue weighted by Gasteiger charge is 2.17. The molecule has 3 nitrogen and oxygen atoms in total. The molecule has 2 N–H and O–H groups in total. The van der Waals surface area contributed by atoms with Gasteiger partial charge in [0.05, 0.1) is 10.6 Å². The van der Waals surface area contributed by atoms with Crippen LogP contribution in [0.15, 0.2) is 47.4 Å². The fraction of sp³-hybridized carbons (Fsp3) is 0.143. The molecule has 2 rings (SSSR count). The van der Waals surface area contributed by atoms with Gasteiger partial charge in [-0.15, -0.1) is 0 Å². The Kier molecular flexibility index (Phi) is 3.83. The first-order valence-corrected chi connectivity index (χ1v) is 7.75. The van der Waals surface area contributed by atoms with Gasteiger partial charge in [-0.1, -0.05) is 23.7 Å². The Balaban J connectivity index is 2.35. The summed E-state index contributed by atoms with van der Waals surface area (Å²) < 4.78 is 24.7. The van der Waals surface area contributed by atoms with Crippen molar-refractivity contribution >= 4 is 27.1 Å². The summed E-state index contributed by atoms with van der Waals surface area (Å²) in [4.78, 5) is 0.316. The Morgan fingerprint density at radius 3 is 2.32 bits per heavy atom. The van der Waals surface area contributed by atoms with E-state index in [0.717, 1.165) is 0 Å². The van der Waals surface area contributed by atoms with Gasteiger partial charge in [-0.25, -0.2) is 8.42 Å². The van der Waals surface area contributed by atoms with Crippen molar-refractivity contribution < 1.29 is 8.42 Å². The molecule has 100 valence electrons. The van der Waals surface area contributed by atoms with Crippen LogP contribution >= 0.6 is 11.6 Å². The van der Waals surface area contributed by atoms with Crippen molar-refractivity contribution in [2.75, 3.05) is 5.73 Å². The van der Waals surface area contributed by atoms with Crippen molar-refractivity contribution in [3.05, 3.63) is 58.6 Å². The van der Waals surface area contributed by atoms with Crippen molar-refractivity contribution in [3.8, 4) is 0 Å². The van der Waals surface area contributed by atoms with Crippen molar-refractivity contribution in [1.82, 2.24) is 0 Å². The summed E-state index contributed by atoms with van der Waals surface area (Å²) in [5.41, 5.74) is 7.56. The molecule has 0 heterocycles. The second kappa shape index (κ2) is 5.23. The molecule has 2 aromatic rings. The highest BCUT2D eigenvalue weighted by molar-refractivity contribution is 7.90. The molecular formula is C14H14ClNO2S. The Hall–Kier alpha value is -1.52. The summed E-state index contributed by atoms with van der Waals surface area (Å²) in [6, 6.07) is 11.6. The number of nitrogens with two attached hydrogens (primary N) is 1. The number of rotatable bonds is 3. The van der Waals surface area contributed by atoms with E-state index < -0.39 is 9.84 Å². The van der Waals surface area contributed by atoms with E-state index in [2.05, 4.69) is 0 Å². The summed E-state index contributed by atoms with van der Waals surface area (Å²) in [5.74, 6) is -0.0467. The SMILES string of the molecule is Cc1cc(N)ccc1S(=O)(=O)Cc1ccc(Cl)cc1. The Labute approximate surface area is 117 Å². The summed E-state index contributed by atoms with van der Waals surface area (Å²) in [6.45, 7) is 1.74. The lowest BCUT2D eigenvalue weighted by Gasteiger charge is -2.08. The summed E-state index contributed by atoms with van der Waals surface area (Å²) >= 11 is 5.78. The van der Waals surface area contributed by atoms with Gasteiger partial charge in [0.25, 0.3) is 0 Å². The van der Waals surface area contributed by atoms with Crippen LogP contribution in [0.4, 0.5) is 5.69 Å². The average molecular weight is 296 g/mol. The number of aryl methyl sites for hydroxylation is 1. The third-order valence-corrected chi connectivity index (χ3v) is 4.90. The number of halogens is 1. The van der Waals surface area contributed by atoms with Gasteiger partial charge in [0.1, 0.15) is 0 Å². The van der Waals surface area contributed by atoms with E-state index in [1.165, 1.54) is 0 Å². The standard InChI is InChI=1S/C14H14ClNO2S/c1-10-8-13(16)6-7-14(10)19(17,18)9-11-2-4-12(15)5-3-11/h2-8H,9,16H2,1H3. The molecule has 0 radical (unpaired) electrons. The molecule has 0 aromatic heterocycles. The zero-order valence-electron chi connectivity index (χ0n) is 10.4. The minimum absolute atomic E-state index is 0.0467. The molecule has 0 aliphatic rings. The second-order valence-electron chi connectivity index (χ2n) is 4.41. The molecule has 5 heteroatoms. The third-order valence-electron chi connectivity index (χ3n) is 2.80. The van der Waals surface area contributed by atoms with Gasteiger partial charge < -0.3 is 5.73 Å². The number of nitrogen functional groups attached to an aromatic ring is 1. The van der Waals surface area contributed by atoms with Gasteiger partial charge in [-0.05, 0) is 48.4 Å². The van der Waals surface area contributed by atoms with Crippen LogP contribution < -0.4 is 5.73 Å². The van der Waals surface area contributed by atoms with Crippen molar-refractivity contribution in [2.24, 2.45) is 0 Å². The predicted octanol–water partition coefficient (Wildman–Crippen LogP) is 3.20. The first kappa shape index (κ1) is 13.9. The number of hydrogen-bond acceptors (Lipinski definition) is 3. The maximum Gasteiger partial charge on any atom is 0.182 e. The van der Waals surface area contributed by atoms with Crippen molar-refractivity contribution in [2.45, 2.75) is 17.6 Å². The van der Waals surface area contributed by atoms with Gasteiger partial charge in [-0.2, -0.15) is 0 Å². The van der Waals surface area contributed by atoms with E-state index in [1.807, 2.05) is 0 Å². The lowest BCUT2D eigenvalue weighted by Crippen LogP contribution is -2.07. The molecular weight excluding hydrogens is 282 g/mol. The molecule has 0 bridgehead atoms. The van der Waals surface area contributed by atoms with Gasteiger partial charge in [0.2, 0.25) is 0 Å². The van der Waals surface area contributed by atoms with E-state index in [4.69, 9.17) is 17.3 Å². The molecule has 0 saturated carbocycles. The zero-order chi connectivity index (χ0) is 14.0. The summed E-state index contributed by atoms with van der Waals surface area (Å²) in [5, 5.41) is 0.588. The molecule has 0 saturated heterocycles. The highest BCUT2D eigenvalue weighted by atomic mass is 35.5.